The molecule has 1 N–H and O–H groups in total. The van der Waals surface area contributed by atoms with Crippen molar-refractivity contribution in [1.82, 2.24) is 10.2 Å². The summed E-state index contributed by atoms with van der Waals surface area (Å²) in [5.41, 5.74) is 0.327. The number of halogens is 2. The van der Waals surface area contributed by atoms with E-state index in [0.29, 0.717) is 15.7 Å². The number of anilines is 1. The molecule has 31 heavy (non-hydrogen) atoms. The first-order chi connectivity index (χ1) is 14.7. The Kier molecular flexibility index (Phi) is 5.38. The molecule has 0 bridgehead atoms. The van der Waals surface area contributed by atoms with Crippen LogP contribution < -0.4 is 10.2 Å². The van der Waals surface area contributed by atoms with Gasteiger partial charge in [0, 0.05) is 35.5 Å². The van der Waals surface area contributed by atoms with Crippen molar-refractivity contribution in [2.75, 3.05) is 11.4 Å². The Hall–Kier alpha value is -3.08. The summed E-state index contributed by atoms with van der Waals surface area (Å²) in [5.74, 6) is -1.15. The molecule has 156 valence electrons. The normalized spacial score (nSPS) is 22.5. The lowest BCUT2D eigenvalue weighted by Gasteiger charge is -2.28. The van der Waals surface area contributed by atoms with Gasteiger partial charge in [-0.2, -0.15) is 0 Å². The van der Waals surface area contributed by atoms with Crippen LogP contribution in [0.5, 0.6) is 0 Å². The second kappa shape index (κ2) is 7.88. The maximum Gasteiger partial charge on any atom is 0.332 e. The number of amides is 4. The fraction of sp³-hybridized carbons (Fsp3) is 0.227. The molecule has 2 atom stereocenters. The number of benzene rings is 2. The van der Waals surface area contributed by atoms with Crippen LogP contribution in [0, 0.1) is 13.5 Å². The van der Waals surface area contributed by atoms with Gasteiger partial charge in [-0.3, -0.25) is 9.59 Å². The largest absolute Gasteiger partial charge is 0.351 e. The number of imide groups is 1. The molecule has 2 aromatic rings. The van der Waals surface area contributed by atoms with Gasteiger partial charge in [0.15, 0.2) is 5.69 Å². The van der Waals surface area contributed by atoms with E-state index in [1.807, 2.05) is 0 Å². The van der Waals surface area contributed by atoms with E-state index in [1.165, 1.54) is 23.1 Å². The van der Waals surface area contributed by atoms with Crippen LogP contribution in [0.15, 0.2) is 42.5 Å². The lowest BCUT2D eigenvalue weighted by molar-refractivity contribution is -0.124. The Bertz CT molecular complexity index is 1110. The lowest BCUT2D eigenvalue weighted by Crippen LogP contribution is -2.47. The van der Waals surface area contributed by atoms with Gasteiger partial charge in [0.25, 0.3) is 5.91 Å². The monoisotopic (exact) mass is 454 g/mol. The molecule has 2 fully saturated rings. The summed E-state index contributed by atoms with van der Waals surface area (Å²) in [4.78, 5) is 44.3. The Morgan fingerprint density at radius 2 is 1.84 bits per heavy atom. The number of rotatable bonds is 4. The highest BCUT2D eigenvalue weighted by Crippen LogP contribution is 2.43. The van der Waals surface area contributed by atoms with Gasteiger partial charge >= 0.3 is 6.03 Å². The minimum absolute atomic E-state index is 0.137. The van der Waals surface area contributed by atoms with Crippen LogP contribution in [0.3, 0.4) is 0 Å². The van der Waals surface area contributed by atoms with Crippen molar-refractivity contribution in [2.24, 2.45) is 0 Å². The molecule has 9 heteroatoms. The van der Waals surface area contributed by atoms with E-state index in [-0.39, 0.29) is 25.1 Å². The number of hydrogen-bond donors (Lipinski definition) is 1. The van der Waals surface area contributed by atoms with Crippen LogP contribution >= 0.6 is 23.2 Å². The summed E-state index contributed by atoms with van der Waals surface area (Å²) in [6, 6.07) is 10.4. The van der Waals surface area contributed by atoms with Crippen LogP contribution in [0.25, 0.3) is 4.85 Å². The van der Waals surface area contributed by atoms with E-state index in [9.17, 15) is 14.4 Å². The van der Waals surface area contributed by atoms with Gasteiger partial charge in [0.2, 0.25) is 5.91 Å². The van der Waals surface area contributed by atoms with Gasteiger partial charge in [-0.15, -0.1) is 0 Å². The summed E-state index contributed by atoms with van der Waals surface area (Å²) in [7, 11) is 0. The fourth-order valence-electron chi connectivity index (χ4n) is 4.32. The SMILES string of the molecule is [C-]#[N+]c1ccc(CC23CC(NC([CH])=O)CN2C(=O)N(c2cc(Cl)cc(Cl)c2)C3=O)cc1. The number of nitrogens with zero attached hydrogens (tertiary/aromatic N) is 3. The third kappa shape index (κ3) is 3.73. The molecule has 2 aliphatic heterocycles. The van der Waals surface area contributed by atoms with Crippen molar-refractivity contribution >= 4 is 52.4 Å². The van der Waals surface area contributed by atoms with Crippen molar-refractivity contribution in [3.8, 4) is 0 Å². The highest BCUT2D eigenvalue weighted by molar-refractivity contribution is 6.35. The van der Waals surface area contributed by atoms with Gasteiger partial charge in [-0.1, -0.05) is 47.5 Å². The van der Waals surface area contributed by atoms with E-state index in [1.54, 1.807) is 24.3 Å². The minimum Gasteiger partial charge on any atom is -0.351 e. The molecular weight excluding hydrogens is 439 g/mol. The highest BCUT2D eigenvalue weighted by Gasteiger charge is 2.62. The molecule has 4 rings (SSSR count). The zero-order valence-corrected chi connectivity index (χ0v) is 17.7. The van der Waals surface area contributed by atoms with Crippen LogP contribution in [-0.4, -0.2) is 40.9 Å². The van der Waals surface area contributed by atoms with Crippen molar-refractivity contribution in [1.29, 1.82) is 0 Å². The molecule has 2 unspecified atom stereocenters. The van der Waals surface area contributed by atoms with Crippen LogP contribution in [0.2, 0.25) is 10.0 Å². The Balaban J connectivity index is 1.74. The van der Waals surface area contributed by atoms with Crippen LogP contribution in [-0.2, 0) is 16.0 Å². The smallest absolute Gasteiger partial charge is 0.332 e. The summed E-state index contributed by atoms with van der Waals surface area (Å²) in [6.07, 6.45) is 0.424. The standard InChI is InChI=1S/C22H16Cl2N4O3/c1-13(29)26-18-11-22(10-14-3-5-17(25-2)6-4-14)20(30)28(21(31)27(22)12-18)19-8-15(23)7-16(24)9-19/h1,3-9,18H,10-12H2,(H,26,29). The van der Waals surface area contributed by atoms with E-state index in [4.69, 9.17) is 36.7 Å². The van der Waals surface area contributed by atoms with Crippen molar-refractivity contribution < 1.29 is 14.4 Å². The average Bonchev–Trinajstić information content (AvgIpc) is 3.14. The van der Waals surface area contributed by atoms with E-state index >= 15 is 0 Å². The van der Waals surface area contributed by atoms with Gasteiger partial charge in [0.1, 0.15) is 5.54 Å². The number of carbonyl (C=O) groups is 3. The number of nitrogens with one attached hydrogen (secondary N) is 1. The number of hydrogen-bond acceptors (Lipinski definition) is 3. The fourth-order valence-corrected chi connectivity index (χ4v) is 4.83. The number of urea groups is 1. The van der Waals surface area contributed by atoms with Gasteiger partial charge < -0.3 is 10.2 Å². The van der Waals surface area contributed by atoms with Crippen molar-refractivity contribution in [2.45, 2.75) is 24.4 Å². The van der Waals surface area contributed by atoms with E-state index in [2.05, 4.69) is 10.2 Å². The first-order valence-corrected chi connectivity index (χ1v) is 10.1. The predicted molar refractivity (Wildman–Crippen MR) is 116 cm³/mol. The summed E-state index contributed by atoms with van der Waals surface area (Å²) >= 11 is 12.2. The first-order valence-electron chi connectivity index (χ1n) is 9.38. The van der Waals surface area contributed by atoms with Crippen LogP contribution in [0.1, 0.15) is 12.0 Å². The molecule has 4 amide bonds. The third-order valence-corrected chi connectivity index (χ3v) is 5.98. The molecule has 0 saturated carbocycles. The maximum atomic E-state index is 13.7. The molecule has 0 spiro atoms. The highest BCUT2D eigenvalue weighted by atomic mass is 35.5. The molecule has 7 nitrogen and oxygen atoms in total. The molecule has 2 aromatic carbocycles. The quantitative estimate of drug-likeness (QED) is 0.562. The van der Waals surface area contributed by atoms with Gasteiger partial charge in [-0.25, -0.2) is 14.5 Å². The lowest BCUT2D eigenvalue weighted by atomic mass is 9.87. The minimum atomic E-state index is -1.21. The summed E-state index contributed by atoms with van der Waals surface area (Å²) in [6.45, 7) is 12.5. The van der Waals surface area contributed by atoms with Gasteiger partial charge in [0.05, 0.1) is 19.2 Å². The molecule has 2 saturated heterocycles. The number of fused-ring (bicyclic) bond motifs is 1. The second-order valence-corrected chi connectivity index (χ2v) is 8.43. The Morgan fingerprint density at radius 3 is 2.42 bits per heavy atom. The zero-order chi connectivity index (χ0) is 22.3. The Labute approximate surface area is 189 Å². The van der Waals surface area contributed by atoms with Crippen LogP contribution in [0.4, 0.5) is 16.2 Å². The Morgan fingerprint density at radius 1 is 1.19 bits per heavy atom. The zero-order valence-electron chi connectivity index (χ0n) is 16.1. The predicted octanol–water partition coefficient (Wildman–Crippen LogP) is 3.89. The molecule has 2 aliphatic rings. The summed E-state index contributed by atoms with van der Waals surface area (Å²) in [5, 5.41) is 3.20. The average molecular weight is 455 g/mol. The number of carbonyl (C=O) groups excluding carboxylic acids is 3. The topological polar surface area (TPSA) is 74.1 Å². The molecule has 2 radical (unpaired) electrons. The van der Waals surface area contributed by atoms with Crippen molar-refractivity contribution in [3.63, 3.8) is 0 Å². The molecule has 0 aromatic heterocycles. The van der Waals surface area contributed by atoms with E-state index < -0.39 is 29.4 Å². The molecule has 0 aliphatic carbocycles. The molecule has 2 heterocycles. The first kappa shape index (κ1) is 21.2. The molecular formula is C22H16Cl2N4O3. The maximum absolute atomic E-state index is 13.7. The second-order valence-electron chi connectivity index (χ2n) is 7.56. The third-order valence-electron chi connectivity index (χ3n) is 5.54. The van der Waals surface area contributed by atoms with Gasteiger partial charge in [-0.05, 0) is 23.8 Å². The van der Waals surface area contributed by atoms with E-state index in [0.717, 1.165) is 10.5 Å². The van der Waals surface area contributed by atoms with Crippen molar-refractivity contribution in [3.05, 3.63) is 76.4 Å². The summed E-state index contributed by atoms with van der Waals surface area (Å²) < 4.78 is 0.